The number of nitrogens with zero attached hydrogens (tertiary/aromatic N) is 2. The van der Waals surface area contributed by atoms with Gasteiger partial charge in [-0.15, -0.1) is 0 Å². The zero-order valence-electron chi connectivity index (χ0n) is 13.8. The number of ether oxygens (including phenoxy) is 2. The smallest absolute Gasteiger partial charge is 0.337 e. The topological polar surface area (TPSA) is 95.6 Å². The molecule has 26 heavy (non-hydrogen) atoms. The molecule has 8 heteroatoms. The summed E-state index contributed by atoms with van der Waals surface area (Å²) in [4.78, 5) is 49.0. The SMILES string of the molecule is COC(=O)c1ccc2c(c1)c(=O)n1c3ccc(C(=O)OC)cc3c(=O)n21. The normalized spacial score (nSPS) is 11.3. The number of hydrogen-bond acceptors (Lipinski definition) is 6. The molecule has 0 amide bonds. The molecular formula is C18H12N2O6. The first kappa shape index (κ1) is 15.8. The quantitative estimate of drug-likeness (QED) is 0.501. The summed E-state index contributed by atoms with van der Waals surface area (Å²) < 4.78 is 11.8. The molecule has 2 heterocycles. The average molecular weight is 352 g/mol. The molecule has 4 aromatic rings. The van der Waals surface area contributed by atoms with E-state index in [2.05, 4.69) is 9.47 Å². The third-order valence-electron chi connectivity index (χ3n) is 4.34. The van der Waals surface area contributed by atoms with Gasteiger partial charge in [0, 0.05) is 0 Å². The molecule has 2 aromatic carbocycles. The molecule has 0 unspecified atom stereocenters. The lowest BCUT2D eigenvalue weighted by Crippen LogP contribution is -2.13. The standard InChI is InChI=1S/C18H12N2O6/c1-25-17(23)9-3-5-13-11(7-9)15(21)20-14-6-4-10(18(24)26-2)8-12(14)16(22)19(13)20/h3-8H,1-2H3. The second kappa shape index (κ2) is 5.41. The van der Waals surface area contributed by atoms with Crippen molar-refractivity contribution in [3.8, 4) is 0 Å². The van der Waals surface area contributed by atoms with Gasteiger partial charge in [-0.25, -0.2) is 18.6 Å². The third-order valence-corrected chi connectivity index (χ3v) is 4.34. The Balaban J connectivity index is 2.11. The predicted octanol–water partition coefficient (Wildman–Crippen LogP) is 1.08. The largest absolute Gasteiger partial charge is 0.465 e. The first-order chi connectivity index (χ1) is 12.5. The molecular weight excluding hydrogens is 340 g/mol. The summed E-state index contributed by atoms with van der Waals surface area (Å²) >= 11 is 0. The maximum Gasteiger partial charge on any atom is 0.337 e. The van der Waals surface area contributed by atoms with Gasteiger partial charge >= 0.3 is 11.9 Å². The van der Waals surface area contributed by atoms with Crippen molar-refractivity contribution in [3.63, 3.8) is 0 Å². The molecule has 0 saturated heterocycles. The second-order valence-corrected chi connectivity index (χ2v) is 5.68. The Morgan fingerprint density at radius 2 is 1.12 bits per heavy atom. The molecule has 4 rings (SSSR count). The van der Waals surface area contributed by atoms with Crippen LogP contribution in [0.15, 0.2) is 46.0 Å². The molecule has 0 spiro atoms. The number of rotatable bonds is 2. The second-order valence-electron chi connectivity index (χ2n) is 5.68. The highest BCUT2D eigenvalue weighted by Gasteiger charge is 2.20. The fraction of sp³-hybridized carbons (Fsp3) is 0.111. The fourth-order valence-corrected chi connectivity index (χ4v) is 3.12. The minimum Gasteiger partial charge on any atom is -0.465 e. The minimum atomic E-state index is -0.572. The first-order valence-corrected chi connectivity index (χ1v) is 7.61. The van der Waals surface area contributed by atoms with E-state index < -0.39 is 23.1 Å². The van der Waals surface area contributed by atoms with Gasteiger partial charge in [-0.3, -0.25) is 9.59 Å². The van der Waals surface area contributed by atoms with Crippen LogP contribution in [0.3, 0.4) is 0 Å². The van der Waals surface area contributed by atoms with Gasteiger partial charge in [0.2, 0.25) is 0 Å². The maximum absolute atomic E-state index is 12.8. The molecule has 0 aliphatic carbocycles. The van der Waals surface area contributed by atoms with Crippen LogP contribution in [0.5, 0.6) is 0 Å². The number of methoxy groups -OCH3 is 2. The van der Waals surface area contributed by atoms with Crippen molar-refractivity contribution in [2.24, 2.45) is 0 Å². The molecule has 0 radical (unpaired) electrons. The molecule has 0 bridgehead atoms. The van der Waals surface area contributed by atoms with Crippen LogP contribution in [0.1, 0.15) is 20.7 Å². The Bertz CT molecular complexity index is 1230. The average Bonchev–Trinajstić information content (AvgIpc) is 3.13. The highest BCUT2D eigenvalue weighted by molar-refractivity contribution is 5.97. The van der Waals surface area contributed by atoms with E-state index in [9.17, 15) is 19.2 Å². The van der Waals surface area contributed by atoms with E-state index in [0.29, 0.717) is 11.0 Å². The van der Waals surface area contributed by atoms with Crippen LogP contribution in [-0.2, 0) is 9.47 Å². The van der Waals surface area contributed by atoms with Crippen LogP contribution < -0.4 is 11.1 Å². The Kier molecular flexibility index (Phi) is 3.30. The van der Waals surface area contributed by atoms with E-state index in [1.807, 2.05) is 0 Å². The van der Waals surface area contributed by atoms with Crippen LogP contribution in [-0.4, -0.2) is 35.2 Å². The van der Waals surface area contributed by atoms with E-state index in [4.69, 9.17) is 0 Å². The molecule has 0 aliphatic rings. The van der Waals surface area contributed by atoms with Gasteiger partial charge in [-0.2, -0.15) is 0 Å². The first-order valence-electron chi connectivity index (χ1n) is 7.61. The van der Waals surface area contributed by atoms with Gasteiger partial charge in [0.25, 0.3) is 11.1 Å². The summed E-state index contributed by atoms with van der Waals surface area (Å²) in [5.74, 6) is -1.14. The molecule has 2 aromatic heterocycles. The highest BCUT2D eigenvalue weighted by Crippen LogP contribution is 2.18. The number of hydrogen-bond donors (Lipinski definition) is 0. The summed E-state index contributed by atoms with van der Waals surface area (Å²) in [6.07, 6.45) is 0. The number of carbonyl (C=O) groups excluding carboxylic acids is 2. The van der Waals surface area contributed by atoms with Crippen molar-refractivity contribution >= 4 is 33.7 Å². The Morgan fingerprint density at radius 3 is 1.46 bits per heavy atom. The van der Waals surface area contributed by atoms with E-state index in [0.717, 1.165) is 0 Å². The molecule has 0 N–H and O–H groups in total. The number of benzene rings is 2. The Labute approximate surface area is 145 Å². The zero-order valence-corrected chi connectivity index (χ0v) is 13.8. The monoisotopic (exact) mass is 352 g/mol. The molecule has 0 saturated carbocycles. The maximum atomic E-state index is 12.8. The van der Waals surface area contributed by atoms with Gasteiger partial charge in [-0.1, -0.05) is 0 Å². The van der Waals surface area contributed by atoms with E-state index in [-0.39, 0.29) is 21.9 Å². The highest BCUT2D eigenvalue weighted by atomic mass is 16.5. The van der Waals surface area contributed by atoms with Crippen LogP contribution in [0.2, 0.25) is 0 Å². The molecule has 0 atom stereocenters. The lowest BCUT2D eigenvalue weighted by molar-refractivity contribution is 0.0592. The number of aromatic nitrogens is 2. The van der Waals surface area contributed by atoms with Gasteiger partial charge in [-0.05, 0) is 36.4 Å². The third kappa shape index (κ3) is 1.95. The Morgan fingerprint density at radius 1 is 0.731 bits per heavy atom. The number of fused-ring (bicyclic) bond motifs is 5. The van der Waals surface area contributed by atoms with Crippen molar-refractivity contribution in [1.82, 2.24) is 9.03 Å². The Hall–Kier alpha value is -3.68. The van der Waals surface area contributed by atoms with Gasteiger partial charge in [0.1, 0.15) is 0 Å². The van der Waals surface area contributed by atoms with Crippen molar-refractivity contribution in [2.75, 3.05) is 14.2 Å². The lowest BCUT2D eigenvalue weighted by atomic mass is 10.1. The summed E-state index contributed by atoms with van der Waals surface area (Å²) in [6.45, 7) is 0. The van der Waals surface area contributed by atoms with E-state index >= 15 is 0 Å². The summed E-state index contributed by atoms with van der Waals surface area (Å²) in [5.41, 5.74) is 0.283. The van der Waals surface area contributed by atoms with Gasteiger partial charge in [0.05, 0.1) is 47.2 Å². The van der Waals surface area contributed by atoms with Crippen molar-refractivity contribution in [2.45, 2.75) is 0 Å². The summed E-state index contributed by atoms with van der Waals surface area (Å²) in [5, 5.41) is 0.452. The van der Waals surface area contributed by atoms with Gasteiger partial charge < -0.3 is 9.47 Å². The van der Waals surface area contributed by atoms with E-state index in [1.54, 1.807) is 0 Å². The number of carbonyl (C=O) groups is 2. The minimum absolute atomic E-state index is 0.218. The van der Waals surface area contributed by atoms with Crippen LogP contribution >= 0.6 is 0 Å². The molecule has 0 fully saturated rings. The summed E-state index contributed by atoms with van der Waals surface area (Å²) in [7, 11) is 2.50. The fourth-order valence-electron chi connectivity index (χ4n) is 3.12. The van der Waals surface area contributed by atoms with Crippen molar-refractivity contribution in [3.05, 3.63) is 68.2 Å². The van der Waals surface area contributed by atoms with E-state index in [1.165, 1.54) is 59.6 Å². The molecule has 0 aliphatic heterocycles. The summed E-state index contributed by atoms with van der Waals surface area (Å²) in [6, 6.07) is 8.80. The predicted molar refractivity (Wildman–Crippen MR) is 92.3 cm³/mol. The zero-order chi connectivity index (χ0) is 18.6. The molecule has 130 valence electrons. The van der Waals surface area contributed by atoms with Crippen molar-refractivity contribution < 1.29 is 19.1 Å². The molecule has 8 nitrogen and oxygen atoms in total. The van der Waals surface area contributed by atoms with Crippen LogP contribution in [0.4, 0.5) is 0 Å². The number of esters is 2. The van der Waals surface area contributed by atoms with Crippen LogP contribution in [0, 0.1) is 0 Å². The van der Waals surface area contributed by atoms with Crippen molar-refractivity contribution in [1.29, 1.82) is 0 Å². The van der Waals surface area contributed by atoms with Gasteiger partial charge in [0.15, 0.2) is 0 Å². The van der Waals surface area contributed by atoms with Crippen LogP contribution in [0.25, 0.3) is 21.8 Å². The lowest BCUT2D eigenvalue weighted by Gasteiger charge is -1.98.